The van der Waals surface area contributed by atoms with E-state index in [4.69, 9.17) is 4.74 Å². The van der Waals surface area contributed by atoms with Crippen molar-refractivity contribution >= 4 is 21.6 Å². The van der Waals surface area contributed by atoms with Crippen LogP contribution in [-0.4, -0.2) is 12.0 Å². The zero-order chi connectivity index (χ0) is 22.9. The fraction of sp³-hybridized carbons (Fsp3) is 0.136. The Morgan fingerprint density at radius 2 is 1.68 bits per heavy atom. The number of nitro groups is 1. The second-order valence-electron chi connectivity index (χ2n) is 6.76. The summed E-state index contributed by atoms with van der Waals surface area (Å²) in [7, 11) is 1.30. The summed E-state index contributed by atoms with van der Waals surface area (Å²) in [6.07, 6.45) is -4.52. The molecule has 0 N–H and O–H groups in total. The molecule has 0 amide bonds. The molecule has 0 fully saturated rings. The molecule has 0 aromatic heterocycles. The third kappa shape index (κ3) is 4.70. The molecule has 0 saturated heterocycles. The van der Waals surface area contributed by atoms with Crippen LogP contribution in [0.25, 0.3) is 22.3 Å². The molecule has 0 aliphatic rings. The summed E-state index contributed by atoms with van der Waals surface area (Å²) >= 11 is 3.35. The Hall–Kier alpha value is -3.38. The van der Waals surface area contributed by atoms with Crippen LogP contribution in [0.2, 0.25) is 0 Å². The van der Waals surface area contributed by atoms with Crippen LogP contribution < -0.4 is 4.74 Å². The average molecular weight is 491 g/mol. The highest BCUT2D eigenvalue weighted by Crippen LogP contribution is 2.40. The van der Waals surface area contributed by atoms with Gasteiger partial charge in [0, 0.05) is 22.2 Å². The van der Waals surface area contributed by atoms with Crippen molar-refractivity contribution in [2.75, 3.05) is 7.11 Å². The van der Waals surface area contributed by atoms with Crippen molar-refractivity contribution in [2.24, 2.45) is 0 Å². The Labute approximate surface area is 184 Å². The number of nitrogens with zero attached hydrogens (tertiary/aromatic N) is 2. The molecular weight excluding hydrogens is 477 g/mol. The SMILES string of the molecule is COc1cc(Br)c(-c2cc(C#N)cc(-c3cc(C)cc(C(F)(F)F)c3)c2)cc1[N+](=O)[O-]. The summed E-state index contributed by atoms with van der Waals surface area (Å²) < 4.78 is 45.3. The number of halogens is 4. The fourth-order valence-electron chi connectivity index (χ4n) is 3.20. The number of rotatable bonds is 4. The second-order valence-corrected chi connectivity index (χ2v) is 7.61. The lowest BCUT2D eigenvalue weighted by molar-refractivity contribution is -0.385. The van der Waals surface area contributed by atoms with Gasteiger partial charge < -0.3 is 4.74 Å². The minimum atomic E-state index is -4.52. The highest BCUT2D eigenvalue weighted by Gasteiger charge is 2.31. The van der Waals surface area contributed by atoms with Gasteiger partial charge in [0.2, 0.25) is 0 Å². The van der Waals surface area contributed by atoms with Crippen LogP contribution in [0.4, 0.5) is 18.9 Å². The Bertz CT molecular complexity index is 1230. The summed E-state index contributed by atoms with van der Waals surface area (Å²) in [5, 5.41) is 20.9. The van der Waals surface area contributed by atoms with Gasteiger partial charge >= 0.3 is 11.9 Å². The standard InChI is InChI=1S/C22H14BrF3N2O3/c1-12-3-14(8-17(4-12)22(24,25)26)15-5-13(11-27)6-16(7-15)18-9-20(28(29)30)21(31-2)10-19(18)23/h3-10H,1-2H3. The van der Waals surface area contributed by atoms with Gasteiger partial charge in [-0.25, -0.2) is 0 Å². The fourth-order valence-corrected chi connectivity index (χ4v) is 3.75. The number of hydrogen-bond acceptors (Lipinski definition) is 4. The lowest BCUT2D eigenvalue weighted by atomic mass is 9.94. The molecule has 0 atom stereocenters. The minimum Gasteiger partial charge on any atom is -0.490 e. The van der Waals surface area contributed by atoms with Crippen LogP contribution in [0.15, 0.2) is 53.0 Å². The van der Waals surface area contributed by atoms with Gasteiger partial charge in [-0.1, -0.05) is 22.0 Å². The maximum atomic E-state index is 13.3. The number of nitro benzene ring substituents is 1. The number of methoxy groups -OCH3 is 1. The number of aryl methyl sites for hydroxylation is 1. The van der Waals surface area contributed by atoms with E-state index in [0.29, 0.717) is 26.7 Å². The van der Waals surface area contributed by atoms with Crippen molar-refractivity contribution in [1.82, 2.24) is 0 Å². The van der Waals surface area contributed by atoms with E-state index in [9.17, 15) is 28.5 Å². The molecule has 0 heterocycles. The molecule has 0 spiro atoms. The Morgan fingerprint density at radius 1 is 1.03 bits per heavy atom. The van der Waals surface area contributed by atoms with Gasteiger partial charge in [0.1, 0.15) is 0 Å². The number of nitriles is 1. The van der Waals surface area contributed by atoms with Crippen LogP contribution in [0, 0.1) is 28.4 Å². The van der Waals surface area contributed by atoms with E-state index in [1.165, 1.54) is 31.4 Å². The summed E-state index contributed by atoms with van der Waals surface area (Å²) in [5.41, 5.74) is 1.03. The van der Waals surface area contributed by atoms with E-state index in [1.54, 1.807) is 19.1 Å². The zero-order valence-electron chi connectivity index (χ0n) is 16.2. The topological polar surface area (TPSA) is 76.2 Å². The molecule has 0 aliphatic carbocycles. The van der Waals surface area contributed by atoms with Gasteiger partial charge in [-0.3, -0.25) is 10.1 Å². The van der Waals surface area contributed by atoms with Crippen molar-refractivity contribution in [3.05, 3.63) is 79.8 Å². The highest BCUT2D eigenvalue weighted by atomic mass is 79.9. The van der Waals surface area contributed by atoms with Gasteiger partial charge in [0.15, 0.2) is 5.75 Å². The summed E-state index contributed by atoms with van der Waals surface area (Å²) in [5.74, 6) is 0.0470. The molecule has 3 aromatic carbocycles. The smallest absolute Gasteiger partial charge is 0.416 e. The largest absolute Gasteiger partial charge is 0.490 e. The van der Waals surface area contributed by atoms with Gasteiger partial charge in [0.25, 0.3) is 0 Å². The first-order valence-electron chi connectivity index (χ1n) is 8.80. The van der Waals surface area contributed by atoms with Crippen molar-refractivity contribution in [3.8, 4) is 34.1 Å². The molecule has 9 heteroatoms. The first-order chi connectivity index (χ1) is 14.5. The van der Waals surface area contributed by atoms with Crippen LogP contribution in [-0.2, 0) is 6.18 Å². The number of ether oxygens (including phenoxy) is 1. The molecule has 3 rings (SSSR count). The van der Waals surface area contributed by atoms with Crippen LogP contribution in [0.1, 0.15) is 16.7 Å². The molecule has 0 bridgehead atoms. The van der Waals surface area contributed by atoms with E-state index in [0.717, 1.165) is 12.1 Å². The van der Waals surface area contributed by atoms with E-state index in [-0.39, 0.29) is 22.6 Å². The predicted molar refractivity (Wildman–Crippen MR) is 113 cm³/mol. The van der Waals surface area contributed by atoms with E-state index < -0.39 is 16.7 Å². The third-order valence-corrected chi connectivity index (χ3v) is 5.23. The molecule has 3 aromatic rings. The lowest BCUT2D eigenvalue weighted by Crippen LogP contribution is -2.05. The second kappa shape index (κ2) is 8.40. The van der Waals surface area contributed by atoms with Crippen molar-refractivity contribution in [1.29, 1.82) is 5.26 Å². The summed E-state index contributed by atoms with van der Waals surface area (Å²) in [6.45, 7) is 1.55. The van der Waals surface area contributed by atoms with Crippen LogP contribution in [0.3, 0.4) is 0 Å². The number of benzene rings is 3. The van der Waals surface area contributed by atoms with Crippen LogP contribution in [0.5, 0.6) is 5.75 Å². The molecule has 158 valence electrons. The third-order valence-electron chi connectivity index (χ3n) is 4.58. The maximum absolute atomic E-state index is 13.3. The molecule has 0 saturated carbocycles. The summed E-state index contributed by atoms with van der Waals surface area (Å²) in [4.78, 5) is 10.8. The minimum absolute atomic E-state index is 0.0470. The predicted octanol–water partition coefficient (Wildman–Crippen LogP) is 6.90. The number of alkyl halides is 3. The normalized spacial score (nSPS) is 11.1. The molecule has 0 unspecified atom stereocenters. The Balaban J connectivity index is 2.25. The van der Waals surface area contributed by atoms with E-state index >= 15 is 0 Å². The Kier molecular flexibility index (Phi) is 6.04. The molecule has 0 aliphatic heterocycles. The Morgan fingerprint density at radius 3 is 2.26 bits per heavy atom. The monoisotopic (exact) mass is 490 g/mol. The zero-order valence-corrected chi connectivity index (χ0v) is 17.8. The average Bonchev–Trinajstić information content (AvgIpc) is 2.71. The number of hydrogen-bond donors (Lipinski definition) is 0. The van der Waals surface area contributed by atoms with Gasteiger partial charge in [-0.05, 0) is 59.5 Å². The van der Waals surface area contributed by atoms with Gasteiger partial charge in [-0.2, -0.15) is 18.4 Å². The van der Waals surface area contributed by atoms with Crippen molar-refractivity contribution < 1.29 is 22.8 Å². The maximum Gasteiger partial charge on any atom is 0.416 e. The van der Waals surface area contributed by atoms with Crippen LogP contribution >= 0.6 is 15.9 Å². The lowest BCUT2D eigenvalue weighted by Gasteiger charge is -2.13. The molecular formula is C22H14BrF3N2O3. The quantitative estimate of drug-likeness (QED) is 0.294. The van der Waals surface area contributed by atoms with Gasteiger partial charge in [0.05, 0.1) is 29.2 Å². The van der Waals surface area contributed by atoms with E-state index in [1.807, 2.05) is 6.07 Å². The molecule has 5 nitrogen and oxygen atoms in total. The molecule has 31 heavy (non-hydrogen) atoms. The van der Waals surface area contributed by atoms with Gasteiger partial charge in [-0.15, -0.1) is 0 Å². The van der Waals surface area contributed by atoms with Crippen molar-refractivity contribution in [2.45, 2.75) is 13.1 Å². The first-order valence-corrected chi connectivity index (χ1v) is 9.59. The highest BCUT2D eigenvalue weighted by molar-refractivity contribution is 9.10. The van der Waals surface area contributed by atoms with E-state index in [2.05, 4.69) is 15.9 Å². The molecule has 0 radical (unpaired) electrons. The first kappa shape index (κ1) is 22.3. The van der Waals surface area contributed by atoms with Crippen molar-refractivity contribution in [3.63, 3.8) is 0 Å². The summed E-state index contributed by atoms with van der Waals surface area (Å²) in [6, 6.07) is 12.9.